The van der Waals surface area contributed by atoms with E-state index in [2.05, 4.69) is 38.2 Å². The van der Waals surface area contributed by atoms with Crippen LogP contribution in [0.1, 0.15) is 181 Å². The van der Waals surface area contributed by atoms with Crippen molar-refractivity contribution >= 4 is 5.97 Å². The molecule has 4 nitrogen and oxygen atoms in total. The molecule has 0 aromatic heterocycles. The summed E-state index contributed by atoms with van der Waals surface area (Å²) in [6, 6.07) is 0. The van der Waals surface area contributed by atoms with Gasteiger partial charge in [0.05, 0.1) is 13.2 Å². The number of aliphatic hydroxyl groups excluding tert-OH is 1. The van der Waals surface area contributed by atoms with Crippen LogP contribution in [0.5, 0.6) is 0 Å². The molecule has 0 aliphatic heterocycles. The standard InChI is InChI=1S/C37H70O4/c1-3-5-7-9-11-12-13-14-15-16-17-18-19-20-21-22-23-24-25-26-27-28-30-32-37(39)41-36(34-38)35-40-33-31-29-10-8-6-4-2/h13-14,16-17,36,38H,3-12,15,18-35H2,1-2H3/b14-13-,17-16-. The van der Waals surface area contributed by atoms with E-state index in [1.807, 2.05) is 0 Å². The van der Waals surface area contributed by atoms with Crippen molar-refractivity contribution in [2.24, 2.45) is 0 Å². The first-order chi connectivity index (χ1) is 20.2. The highest BCUT2D eigenvalue weighted by molar-refractivity contribution is 5.69. The number of hydrogen-bond acceptors (Lipinski definition) is 4. The molecule has 0 aliphatic rings. The van der Waals surface area contributed by atoms with Gasteiger partial charge in [0, 0.05) is 13.0 Å². The molecule has 1 atom stereocenters. The van der Waals surface area contributed by atoms with Crippen molar-refractivity contribution in [2.75, 3.05) is 19.8 Å². The van der Waals surface area contributed by atoms with Gasteiger partial charge in [-0.3, -0.25) is 4.79 Å². The van der Waals surface area contributed by atoms with Crippen LogP contribution in [-0.2, 0) is 14.3 Å². The minimum atomic E-state index is -0.527. The Bertz CT molecular complexity index is 571. The quantitative estimate of drug-likeness (QED) is 0.0478. The van der Waals surface area contributed by atoms with Gasteiger partial charge < -0.3 is 14.6 Å². The molecule has 41 heavy (non-hydrogen) atoms. The lowest BCUT2D eigenvalue weighted by atomic mass is 10.0. The minimum Gasteiger partial charge on any atom is -0.457 e. The fourth-order valence-corrected chi connectivity index (χ4v) is 5.06. The second-order valence-corrected chi connectivity index (χ2v) is 11.9. The minimum absolute atomic E-state index is 0.170. The SMILES string of the molecule is CCCCCCC/C=C\C/C=C\CCCCCCCCCCCCCC(=O)OC(CO)COCCCCCCCC. The van der Waals surface area contributed by atoms with Gasteiger partial charge in [-0.15, -0.1) is 0 Å². The Hall–Kier alpha value is -1.13. The summed E-state index contributed by atoms with van der Waals surface area (Å²) in [6.45, 7) is 5.30. The first-order valence-electron chi connectivity index (χ1n) is 17.9. The molecule has 0 bridgehead atoms. The molecule has 0 aromatic rings. The number of carbonyl (C=O) groups is 1. The Morgan fingerprint density at radius 1 is 0.585 bits per heavy atom. The van der Waals surface area contributed by atoms with E-state index in [0.29, 0.717) is 19.6 Å². The Morgan fingerprint density at radius 3 is 1.51 bits per heavy atom. The van der Waals surface area contributed by atoms with Crippen molar-refractivity contribution in [3.05, 3.63) is 24.3 Å². The molecule has 0 saturated heterocycles. The fraction of sp³-hybridized carbons (Fsp3) is 0.865. The molecule has 1 N–H and O–H groups in total. The molecule has 0 saturated carbocycles. The molecule has 0 rings (SSSR count). The number of ether oxygens (including phenoxy) is 2. The Morgan fingerprint density at radius 2 is 1.02 bits per heavy atom. The third-order valence-electron chi connectivity index (χ3n) is 7.78. The zero-order valence-electron chi connectivity index (χ0n) is 27.6. The molecule has 0 amide bonds. The molecular formula is C37H70O4. The molecule has 4 heteroatoms. The number of aliphatic hydroxyl groups is 1. The predicted octanol–water partition coefficient (Wildman–Crippen LogP) is 11.2. The second kappa shape index (κ2) is 35.1. The lowest BCUT2D eigenvalue weighted by molar-refractivity contribution is -0.154. The van der Waals surface area contributed by atoms with Crippen molar-refractivity contribution in [1.82, 2.24) is 0 Å². The number of allylic oxidation sites excluding steroid dienone is 4. The largest absolute Gasteiger partial charge is 0.457 e. The first-order valence-corrected chi connectivity index (χ1v) is 17.9. The van der Waals surface area contributed by atoms with Gasteiger partial charge in [-0.1, -0.05) is 154 Å². The van der Waals surface area contributed by atoms with E-state index in [1.165, 1.54) is 135 Å². The van der Waals surface area contributed by atoms with Gasteiger partial charge in [-0.2, -0.15) is 0 Å². The third-order valence-corrected chi connectivity index (χ3v) is 7.78. The summed E-state index contributed by atoms with van der Waals surface area (Å²) < 4.78 is 11.0. The Labute approximate surface area is 256 Å². The smallest absolute Gasteiger partial charge is 0.306 e. The highest BCUT2D eigenvalue weighted by Gasteiger charge is 2.13. The van der Waals surface area contributed by atoms with E-state index in [4.69, 9.17) is 9.47 Å². The summed E-state index contributed by atoms with van der Waals surface area (Å²) in [6.07, 6.45) is 40.9. The van der Waals surface area contributed by atoms with Crippen LogP contribution >= 0.6 is 0 Å². The number of carbonyl (C=O) groups excluding carboxylic acids is 1. The first kappa shape index (κ1) is 39.9. The molecule has 0 radical (unpaired) electrons. The van der Waals surface area contributed by atoms with Gasteiger partial charge in [-0.25, -0.2) is 0 Å². The summed E-state index contributed by atoms with van der Waals surface area (Å²) in [5, 5.41) is 9.47. The van der Waals surface area contributed by atoms with Gasteiger partial charge in [0.25, 0.3) is 0 Å². The van der Waals surface area contributed by atoms with Gasteiger partial charge in [-0.05, 0) is 44.9 Å². The summed E-state index contributed by atoms with van der Waals surface area (Å²) >= 11 is 0. The molecule has 242 valence electrons. The molecule has 1 unspecified atom stereocenters. The average molecular weight is 579 g/mol. The van der Waals surface area contributed by atoms with Crippen molar-refractivity contribution in [3.8, 4) is 0 Å². The third kappa shape index (κ3) is 33.2. The summed E-state index contributed by atoms with van der Waals surface area (Å²) in [4.78, 5) is 12.1. The molecular weight excluding hydrogens is 508 g/mol. The van der Waals surface area contributed by atoms with E-state index < -0.39 is 6.10 Å². The van der Waals surface area contributed by atoms with Crippen molar-refractivity contribution in [3.63, 3.8) is 0 Å². The molecule has 0 fully saturated rings. The van der Waals surface area contributed by atoms with Gasteiger partial charge in [0.15, 0.2) is 0 Å². The summed E-state index contributed by atoms with van der Waals surface area (Å²) in [7, 11) is 0. The summed E-state index contributed by atoms with van der Waals surface area (Å²) in [5.74, 6) is -0.206. The Balaban J connectivity index is 3.38. The molecule has 0 aliphatic carbocycles. The van der Waals surface area contributed by atoms with Crippen molar-refractivity contribution < 1.29 is 19.4 Å². The van der Waals surface area contributed by atoms with Gasteiger partial charge in [0.2, 0.25) is 0 Å². The van der Waals surface area contributed by atoms with Crippen LogP contribution in [0.3, 0.4) is 0 Å². The van der Waals surface area contributed by atoms with Crippen molar-refractivity contribution in [1.29, 1.82) is 0 Å². The lowest BCUT2D eigenvalue weighted by Crippen LogP contribution is -2.27. The van der Waals surface area contributed by atoms with Crippen molar-refractivity contribution in [2.45, 2.75) is 187 Å². The topological polar surface area (TPSA) is 55.8 Å². The predicted molar refractivity (Wildman–Crippen MR) is 177 cm³/mol. The Kier molecular flexibility index (Phi) is 34.1. The van der Waals surface area contributed by atoms with E-state index in [1.54, 1.807) is 0 Å². The van der Waals surface area contributed by atoms with Gasteiger partial charge in [0.1, 0.15) is 6.10 Å². The molecule has 0 heterocycles. The van der Waals surface area contributed by atoms with Gasteiger partial charge >= 0.3 is 5.97 Å². The highest BCUT2D eigenvalue weighted by Crippen LogP contribution is 2.13. The maximum Gasteiger partial charge on any atom is 0.306 e. The molecule has 0 aromatic carbocycles. The van der Waals surface area contributed by atoms with Crippen LogP contribution in [0, 0.1) is 0 Å². The monoisotopic (exact) mass is 579 g/mol. The second-order valence-electron chi connectivity index (χ2n) is 11.9. The number of esters is 1. The zero-order valence-corrected chi connectivity index (χ0v) is 27.6. The van der Waals surface area contributed by atoms with Crippen LogP contribution in [0.2, 0.25) is 0 Å². The van der Waals surface area contributed by atoms with E-state index in [0.717, 1.165) is 25.7 Å². The van der Waals surface area contributed by atoms with Crippen LogP contribution in [-0.4, -0.2) is 37.0 Å². The average Bonchev–Trinajstić information content (AvgIpc) is 2.98. The number of hydrogen-bond donors (Lipinski definition) is 1. The highest BCUT2D eigenvalue weighted by atomic mass is 16.6. The maximum absolute atomic E-state index is 12.1. The fourth-order valence-electron chi connectivity index (χ4n) is 5.06. The number of rotatable bonds is 33. The van der Waals surface area contributed by atoms with Crippen LogP contribution in [0.15, 0.2) is 24.3 Å². The van der Waals surface area contributed by atoms with Crippen LogP contribution < -0.4 is 0 Å². The van der Waals surface area contributed by atoms with E-state index in [-0.39, 0.29) is 12.6 Å². The maximum atomic E-state index is 12.1. The van der Waals surface area contributed by atoms with Crippen LogP contribution in [0.4, 0.5) is 0 Å². The zero-order chi connectivity index (χ0) is 29.9. The van der Waals surface area contributed by atoms with Crippen LogP contribution in [0.25, 0.3) is 0 Å². The summed E-state index contributed by atoms with van der Waals surface area (Å²) in [5.41, 5.74) is 0. The molecule has 0 spiro atoms. The number of unbranched alkanes of at least 4 members (excludes halogenated alkanes) is 21. The van der Waals surface area contributed by atoms with E-state index in [9.17, 15) is 9.90 Å². The van der Waals surface area contributed by atoms with E-state index >= 15 is 0 Å². The lowest BCUT2D eigenvalue weighted by Gasteiger charge is -2.15. The normalized spacial score (nSPS) is 12.6.